The number of alkyl halides is 1. The summed E-state index contributed by atoms with van der Waals surface area (Å²) >= 11 is 0. The van der Waals surface area contributed by atoms with Gasteiger partial charge in [0.2, 0.25) is 0 Å². The molecule has 1 aliphatic carbocycles. The third kappa shape index (κ3) is 4.48. The number of para-hydroxylation sites is 1. The van der Waals surface area contributed by atoms with Crippen LogP contribution < -0.4 is 10.2 Å². The Morgan fingerprint density at radius 3 is 2.58 bits per heavy atom. The molecule has 5 rings (SSSR count). The summed E-state index contributed by atoms with van der Waals surface area (Å²) < 4.78 is 15.1. The van der Waals surface area contributed by atoms with Crippen molar-refractivity contribution in [1.29, 1.82) is 0 Å². The van der Waals surface area contributed by atoms with Crippen LogP contribution in [0.15, 0.2) is 70.9 Å². The zero-order chi connectivity index (χ0) is 25.4. The Hall–Kier alpha value is -3.65. The molecule has 2 aromatic rings. The second-order valence-corrected chi connectivity index (χ2v) is 9.83. The maximum absolute atomic E-state index is 15.1. The molecule has 0 spiro atoms. The summed E-state index contributed by atoms with van der Waals surface area (Å²) in [6.45, 7) is 10.8. The molecule has 36 heavy (non-hydrogen) atoms. The van der Waals surface area contributed by atoms with E-state index >= 15 is 4.39 Å². The van der Waals surface area contributed by atoms with Crippen molar-refractivity contribution in [3.05, 3.63) is 77.0 Å². The summed E-state index contributed by atoms with van der Waals surface area (Å²) in [4.78, 5) is 39.8. The molecule has 186 valence electrons. The van der Waals surface area contributed by atoms with Crippen LogP contribution in [0, 0.1) is 0 Å². The van der Waals surface area contributed by atoms with E-state index in [-0.39, 0.29) is 16.9 Å². The highest BCUT2D eigenvalue weighted by Crippen LogP contribution is 2.33. The Kier molecular flexibility index (Phi) is 6.30. The van der Waals surface area contributed by atoms with Crippen molar-refractivity contribution in [3.63, 3.8) is 0 Å². The number of piperazine rings is 1. The number of aromatic nitrogens is 1. The van der Waals surface area contributed by atoms with Crippen molar-refractivity contribution >= 4 is 28.9 Å². The summed E-state index contributed by atoms with van der Waals surface area (Å²) in [6, 6.07) is 10.9. The van der Waals surface area contributed by atoms with Gasteiger partial charge in [0.1, 0.15) is 12.0 Å². The molecule has 1 atom stereocenters. The number of carbonyl (C=O) groups excluding carboxylic acids is 2. The molecule has 1 aromatic heterocycles. The summed E-state index contributed by atoms with van der Waals surface area (Å²) in [7, 11) is 0. The molecule has 1 amide bonds. The average Bonchev–Trinajstić information content (AvgIpc) is 2.89. The Balaban J connectivity index is 1.31. The quantitative estimate of drug-likeness (QED) is 0.695. The lowest BCUT2D eigenvalue weighted by atomic mass is 9.87. The molecule has 3 heterocycles. The number of fused-ring (bicyclic) bond motifs is 2. The SMILES string of the molecule is CCN1CCN(c2ccc(C(C)(C)NC(=O)C3=CC4=Nc5ccccc5C(=O)C4=CC3F)cn2)CC1. The second kappa shape index (κ2) is 9.43. The van der Waals surface area contributed by atoms with Crippen molar-refractivity contribution in [2.24, 2.45) is 4.99 Å². The zero-order valence-corrected chi connectivity index (χ0v) is 20.8. The van der Waals surface area contributed by atoms with E-state index in [1.54, 1.807) is 30.5 Å². The second-order valence-electron chi connectivity index (χ2n) is 9.83. The molecule has 2 aliphatic heterocycles. The predicted octanol–water partition coefficient (Wildman–Crippen LogP) is 3.75. The normalized spacial score (nSPS) is 20.1. The minimum absolute atomic E-state index is 0.0730. The van der Waals surface area contributed by atoms with Gasteiger partial charge < -0.3 is 15.1 Å². The Bertz CT molecular complexity index is 1290. The lowest BCUT2D eigenvalue weighted by molar-refractivity contribution is -0.119. The lowest BCUT2D eigenvalue weighted by Crippen LogP contribution is -2.46. The number of Topliss-reactive ketones (excluding diaryl/α,β-unsaturated/α-hetero) is 1. The summed E-state index contributed by atoms with van der Waals surface area (Å²) in [5.74, 6) is 0.0847. The molecule has 0 bridgehead atoms. The number of rotatable bonds is 5. The number of pyridine rings is 1. The fourth-order valence-electron chi connectivity index (χ4n) is 4.80. The van der Waals surface area contributed by atoms with Gasteiger partial charge in [-0.3, -0.25) is 9.59 Å². The molecule has 7 nitrogen and oxygen atoms in total. The molecule has 1 unspecified atom stereocenters. The largest absolute Gasteiger partial charge is 0.354 e. The Morgan fingerprint density at radius 1 is 1.14 bits per heavy atom. The molecule has 1 aromatic carbocycles. The molecule has 0 saturated carbocycles. The van der Waals surface area contributed by atoms with E-state index < -0.39 is 17.6 Å². The average molecular weight is 488 g/mol. The Labute approximate surface area is 210 Å². The van der Waals surface area contributed by atoms with Gasteiger partial charge in [0.15, 0.2) is 5.78 Å². The molecule has 1 saturated heterocycles. The number of likely N-dealkylation sites (N-methyl/N-ethyl adjacent to an activating group) is 1. The zero-order valence-electron chi connectivity index (χ0n) is 20.8. The third-order valence-corrected chi connectivity index (χ3v) is 7.11. The number of nitrogens with one attached hydrogen (secondary N) is 1. The summed E-state index contributed by atoms with van der Waals surface area (Å²) in [5, 5.41) is 2.93. The van der Waals surface area contributed by atoms with E-state index in [4.69, 9.17) is 0 Å². The number of carbonyl (C=O) groups is 2. The van der Waals surface area contributed by atoms with Crippen molar-refractivity contribution in [1.82, 2.24) is 15.2 Å². The highest BCUT2D eigenvalue weighted by atomic mass is 19.1. The fraction of sp³-hybridized carbons (Fsp3) is 0.357. The smallest absolute Gasteiger partial charge is 0.251 e. The van der Waals surface area contributed by atoms with Gasteiger partial charge in [0.05, 0.1) is 22.5 Å². The van der Waals surface area contributed by atoms with Gasteiger partial charge in [-0.05, 0) is 56.3 Å². The number of halogens is 1. The first-order valence-electron chi connectivity index (χ1n) is 12.3. The van der Waals surface area contributed by atoms with Gasteiger partial charge in [-0.2, -0.15) is 0 Å². The minimum Gasteiger partial charge on any atom is -0.354 e. The van der Waals surface area contributed by atoms with E-state index in [0.29, 0.717) is 17.0 Å². The van der Waals surface area contributed by atoms with Crippen molar-refractivity contribution in [2.45, 2.75) is 32.5 Å². The van der Waals surface area contributed by atoms with Crippen LogP contribution in [0.4, 0.5) is 15.9 Å². The first-order valence-corrected chi connectivity index (χ1v) is 12.3. The molecular formula is C28H30FN5O2. The first-order chi connectivity index (χ1) is 17.3. The number of aliphatic imine (C=N–C) groups is 1. The first kappa shape index (κ1) is 24.1. The van der Waals surface area contributed by atoms with Crippen molar-refractivity contribution in [3.8, 4) is 0 Å². The third-order valence-electron chi connectivity index (χ3n) is 7.11. The van der Waals surface area contributed by atoms with Crippen LogP contribution in [0.1, 0.15) is 36.7 Å². The number of ketones is 1. The van der Waals surface area contributed by atoms with E-state index in [2.05, 4.69) is 32.0 Å². The van der Waals surface area contributed by atoms with Crippen LogP contribution in [-0.4, -0.2) is 66.2 Å². The monoisotopic (exact) mass is 487 g/mol. The van der Waals surface area contributed by atoms with Crippen molar-refractivity contribution in [2.75, 3.05) is 37.6 Å². The van der Waals surface area contributed by atoms with Gasteiger partial charge in [-0.25, -0.2) is 14.4 Å². The number of nitrogens with zero attached hydrogens (tertiary/aromatic N) is 4. The van der Waals surface area contributed by atoms with Crippen LogP contribution in [0.5, 0.6) is 0 Å². The molecular weight excluding hydrogens is 457 g/mol. The van der Waals surface area contributed by atoms with Gasteiger partial charge in [-0.15, -0.1) is 0 Å². The van der Waals surface area contributed by atoms with Gasteiger partial charge in [0.25, 0.3) is 5.91 Å². The maximum Gasteiger partial charge on any atom is 0.251 e. The lowest BCUT2D eigenvalue weighted by Gasteiger charge is -2.35. The van der Waals surface area contributed by atoms with E-state index in [9.17, 15) is 9.59 Å². The van der Waals surface area contributed by atoms with Crippen molar-refractivity contribution < 1.29 is 14.0 Å². The molecule has 3 aliphatic rings. The predicted molar refractivity (Wildman–Crippen MR) is 139 cm³/mol. The maximum atomic E-state index is 15.1. The highest BCUT2D eigenvalue weighted by molar-refractivity contribution is 6.36. The number of hydrogen-bond acceptors (Lipinski definition) is 6. The highest BCUT2D eigenvalue weighted by Gasteiger charge is 2.34. The van der Waals surface area contributed by atoms with Crippen LogP contribution in [0.25, 0.3) is 0 Å². The minimum atomic E-state index is -1.70. The van der Waals surface area contributed by atoms with Crippen LogP contribution >= 0.6 is 0 Å². The molecule has 1 N–H and O–H groups in total. The fourth-order valence-corrected chi connectivity index (χ4v) is 4.80. The number of amides is 1. The molecule has 8 heteroatoms. The summed E-state index contributed by atoms with van der Waals surface area (Å²) in [6.07, 6.45) is 2.64. The standard InChI is InChI=1S/C28H30FN5O2/c1-4-33-11-13-34(14-12-33)25-10-9-18(17-30-25)28(2,3)32-27(36)20-16-24-21(15-22(20)29)26(35)19-7-5-6-8-23(19)31-24/h5-10,15-17,22H,4,11-14H2,1-3H3,(H,32,36). The topological polar surface area (TPSA) is 77.9 Å². The molecule has 0 radical (unpaired) electrons. The van der Waals surface area contributed by atoms with Crippen LogP contribution in [0.3, 0.4) is 0 Å². The van der Waals surface area contributed by atoms with Gasteiger partial charge >= 0.3 is 0 Å². The van der Waals surface area contributed by atoms with Gasteiger partial charge in [-0.1, -0.05) is 25.1 Å². The summed E-state index contributed by atoms with van der Waals surface area (Å²) in [5.41, 5.74) is 1.41. The number of benzene rings is 1. The van der Waals surface area contributed by atoms with E-state index in [1.807, 2.05) is 26.0 Å². The molecule has 1 fully saturated rings. The van der Waals surface area contributed by atoms with Crippen LogP contribution in [-0.2, 0) is 10.3 Å². The number of allylic oxidation sites excluding steroid dienone is 3. The van der Waals surface area contributed by atoms with Crippen LogP contribution in [0.2, 0.25) is 0 Å². The van der Waals surface area contributed by atoms with E-state index in [0.717, 1.165) is 44.1 Å². The van der Waals surface area contributed by atoms with E-state index in [1.165, 1.54) is 12.2 Å². The van der Waals surface area contributed by atoms with Gasteiger partial charge in [0, 0.05) is 43.5 Å². The Morgan fingerprint density at radius 2 is 1.89 bits per heavy atom. The number of anilines is 1. The number of hydrogen-bond donors (Lipinski definition) is 1.